The average molecular weight is 320 g/mol. The summed E-state index contributed by atoms with van der Waals surface area (Å²) in [4.78, 5) is 12.7. The van der Waals surface area contributed by atoms with Crippen LogP contribution < -0.4 is 0 Å². The minimum atomic E-state index is -0.204. The summed E-state index contributed by atoms with van der Waals surface area (Å²) < 4.78 is 16.2. The first-order valence-corrected chi connectivity index (χ1v) is 9.51. The minimum absolute atomic E-state index is 0.0264. The van der Waals surface area contributed by atoms with Crippen LogP contribution in [0.25, 0.3) is 0 Å². The lowest BCUT2D eigenvalue weighted by Crippen LogP contribution is -2.42. The van der Waals surface area contributed by atoms with Crippen molar-refractivity contribution in [1.82, 2.24) is 0 Å². The van der Waals surface area contributed by atoms with Crippen LogP contribution in [0, 0.1) is 53.3 Å². The third-order valence-electron chi connectivity index (χ3n) is 8.20. The maximum absolute atomic E-state index is 12.7. The topological polar surface area (TPSA) is 44.8 Å². The monoisotopic (exact) mass is 320 g/mol. The number of ether oxygens (including phenoxy) is 3. The molecule has 5 aliphatic rings. The molecule has 4 nitrogen and oxygen atoms in total. The Morgan fingerprint density at radius 3 is 2.35 bits per heavy atom. The Balaban J connectivity index is 1.30. The molecule has 4 heteroatoms. The molecule has 23 heavy (non-hydrogen) atoms. The van der Waals surface area contributed by atoms with Crippen LogP contribution in [0.2, 0.25) is 0 Å². The fourth-order valence-electron chi connectivity index (χ4n) is 7.28. The number of rotatable bonds is 2. The highest BCUT2D eigenvalue weighted by Crippen LogP contribution is 2.71. The lowest BCUT2D eigenvalue weighted by atomic mass is 9.62. The van der Waals surface area contributed by atoms with Gasteiger partial charge >= 0.3 is 5.97 Å². The Bertz CT molecular complexity index is 500. The van der Waals surface area contributed by atoms with Gasteiger partial charge in [0.2, 0.25) is 0 Å². The largest absolute Gasteiger partial charge is 0.457 e. The number of carbonyl (C=O) groups excluding carboxylic acids is 1. The molecule has 1 heterocycles. The van der Waals surface area contributed by atoms with Gasteiger partial charge in [0.1, 0.15) is 12.9 Å². The zero-order valence-corrected chi connectivity index (χ0v) is 14.1. The second kappa shape index (κ2) is 5.19. The van der Waals surface area contributed by atoms with Gasteiger partial charge in [-0.3, -0.25) is 4.79 Å². The summed E-state index contributed by atoms with van der Waals surface area (Å²) in [6.07, 6.45) is 3.57. The average Bonchev–Trinajstić information content (AvgIpc) is 3.28. The van der Waals surface area contributed by atoms with Crippen molar-refractivity contribution in [3.05, 3.63) is 0 Å². The molecule has 4 aliphatic carbocycles. The third-order valence-corrected chi connectivity index (χ3v) is 8.20. The molecule has 0 N–H and O–H groups in total. The van der Waals surface area contributed by atoms with E-state index in [1.807, 2.05) is 0 Å². The molecule has 1 saturated heterocycles. The van der Waals surface area contributed by atoms with E-state index in [9.17, 15) is 4.79 Å². The molecular formula is C19H28O4. The normalized spacial score (nSPS) is 54.4. The molecule has 0 spiro atoms. The lowest BCUT2D eigenvalue weighted by Gasteiger charge is -2.43. The number of esters is 1. The van der Waals surface area contributed by atoms with E-state index in [4.69, 9.17) is 14.2 Å². The van der Waals surface area contributed by atoms with Gasteiger partial charge in [0, 0.05) is 0 Å². The first-order valence-electron chi connectivity index (χ1n) is 9.51. The Morgan fingerprint density at radius 2 is 1.61 bits per heavy atom. The summed E-state index contributed by atoms with van der Waals surface area (Å²) in [5.41, 5.74) is 0. The van der Waals surface area contributed by atoms with Crippen molar-refractivity contribution >= 4 is 5.97 Å². The van der Waals surface area contributed by atoms with E-state index in [-0.39, 0.29) is 18.0 Å². The molecular weight excluding hydrogens is 292 g/mol. The van der Waals surface area contributed by atoms with Gasteiger partial charge in [-0.1, -0.05) is 13.8 Å². The predicted molar refractivity (Wildman–Crippen MR) is 83.3 cm³/mol. The minimum Gasteiger partial charge on any atom is -0.457 e. The van der Waals surface area contributed by atoms with Gasteiger partial charge in [-0.15, -0.1) is 0 Å². The van der Waals surface area contributed by atoms with Crippen LogP contribution >= 0.6 is 0 Å². The quantitative estimate of drug-likeness (QED) is 0.580. The van der Waals surface area contributed by atoms with Crippen LogP contribution in [-0.4, -0.2) is 32.1 Å². The highest BCUT2D eigenvalue weighted by Gasteiger charge is 2.66. The van der Waals surface area contributed by atoms with Crippen molar-refractivity contribution in [3.63, 3.8) is 0 Å². The summed E-state index contributed by atoms with van der Waals surface area (Å²) in [7, 11) is 0. The summed E-state index contributed by atoms with van der Waals surface area (Å²) in [6, 6.07) is 0. The number of hydrogen-bond donors (Lipinski definition) is 0. The van der Waals surface area contributed by atoms with Crippen molar-refractivity contribution in [2.45, 2.75) is 39.2 Å². The first-order chi connectivity index (χ1) is 11.1. The molecule has 9 atom stereocenters. The molecule has 128 valence electrons. The SMILES string of the molecule is CC1C(C)C2CC1C1C3CC(C(=O)OC4COCOC4)C(C3)C21. The zero-order chi connectivity index (χ0) is 15.7. The Labute approximate surface area is 138 Å². The molecule has 4 saturated carbocycles. The number of fused-ring (bicyclic) bond motifs is 9. The highest BCUT2D eigenvalue weighted by atomic mass is 16.7. The zero-order valence-electron chi connectivity index (χ0n) is 14.1. The summed E-state index contributed by atoms with van der Waals surface area (Å²) in [5, 5.41) is 0. The summed E-state index contributed by atoms with van der Waals surface area (Å²) in [6.45, 7) is 6.20. The maximum Gasteiger partial charge on any atom is 0.309 e. The van der Waals surface area contributed by atoms with Crippen LogP contribution in [0.3, 0.4) is 0 Å². The van der Waals surface area contributed by atoms with Crippen LogP contribution in [0.15, 0.2) is 0 Å². The molecule has 0 aromatic rings. The van der Waals surface area contributed by atoms with Crippen LogP contribution in [0.4, 0.5) is 0 Å². The standard InChI is InChI=1S/C19H28O4/c1-9-10(2)14-5-13(9)17-11-3-15(18(14)17)16(4-11)19(20)23-12-6-21-8-22-7-12/h9-18H,3-8H2,1-2H3. The second-order valence-electron chi connectivity index (χ2n) is 8.86. The van der Waals surface area contributed by atoms with E-state index in [1.165, 1.54) is 12.8 Å². The van der Waals surface area contributed by atoms with Crippen molar-refractivity contribution in [2.75, 3.05) is 20.0 Å². The maximum atomic E-state index is 12.7. The summed E-state index contributed by atoms with van der Waals surface area (Å²) in [5.74, 6) is 6.81. The van der Waals surface area contributed by atoms with Crippen molar-refractivity contribution in [2.24, 2.45) is 53.3 Å². The van der Waals surface area contributed by atoms with Crippen molar-refractivity contribution in [3.8, 4) is 0 Å². The fourth-order valence-corrected chi connectivity index (χ4v) is 7.28. The smallest absolute Gasteiger partial charge is 0.309 e. The van der Waals surface area contributed by atoms with E-state index in [1.54, 1.807) is 0 Å². The highest BCUT2D eigenvalue weighted by molar-refractivity contribution is 5.74. The Kier molecular flexibility index (Phi) is 3.32. The number of hydrogen-bond acceptors (Lipinski definition) is 4. The molecule has 9 unspecified atom stereocenters. The van der Waals surface area contributed by atoms with Gasteiger partial charge in [0.15, 0.2) is 0 Å². The molecule has 0 amide bonds. The van der Waals surface area contributed by atoms with Gasteiger partial charge in [0.25, 0.3) is 0 Å². The fraction of sp³-hybridized carbons (Fsp3) is 0.947. The van der Waals surface area contributed by atoms with Gasteiger partial charge in [-0.25, -0.2) is 0 Å². The predicted octanol–water partition coefficient (Wildman–Crippen LogP) is 2.71. The Hall–Kier alpha value is -0.610. The van der Waals surface area contributed by atoms with Crippen LogP contribution in [0.5, 0.6) is 0 Å². The number of carbonyl (C=O) groups is 1. The first kappa shape index (κ1) is 14.7. The van der Waals surface area contributed by atoms with E-state index in [2.05, 4.69) is 13.8 Å². The van der Waals surface area contributed by atoms with Gasteiger partial charge < -0.3 is 14.2 Å². The molecule has 4 bridgehead atoms. The van der Waals surface area contributed by atoms with Gasteiger partial charge in [-0.05, 0) is 66.6 Å². The van der Waals surface area contributed by atoms with E-state index in [0.717, 1.165) is 47.8 Å². The van der Waals surface area contributed by atoms with E-state index < -0.39 is 0 Å². The molecule has 0 aromatic carbocycles. The van der Waals surface area contributed by atoms with E-state index >= 15 is 0 Å². The van der Waals surface area contributed by atoms with Crippen LogP contribution in [0.1, 0.15) is 33.1 Å². The van der Waals surface area contributed by atoms with E-state index in [0.29, 0.717) is 25.9 Å². The van der Waals surface area contributed by atoms with Crippen LogP contribution in [-0.2, 0) is 19.0 Å². The van der Waals surface area contributed by atoms with Gasteiger partial charge in [0.05, 0.1) is 19.1 Å². The van der Waals surface area contributed by atoms with Crippen molar-refractivity contribution < 1.29 is 19.0 Å². The molecule has 0 radical (unpaired) electrons. The third kappa shape index (κ3) is 2.00. The lowest BCUT2D eigenvalue weighted by molar-refractivity contribution is -0.189. The van der Waals surface area contributed by atoms with Gasteiger partial charge in [-0.2, -0.15) is 0 Å². The molecule has 1 aliphatic heterocycles. The molecule has 0 aromatic heterocycles. The molecule has 5 fully saturated rings. The van der Waals surface area contributed by atoms with Crippen molar-refractivity contribution in [1.29, 1.82) is 0 Å². The molecule has 5 rings (SSSR count). The summed E-state index contributed by atoms with van der Waals surface area (Å²) >= 11 is 0. The Morgan fingerprint density at radius 1 is 0.913 bits per heavy atom. The second-order valence-corrected chi connectivity index (χ2v) is 8.86.